The van der Waals surface area contributed by atoms with E-state index in [1.165, 1.54) is 6.07 Å². The van der Waals surface area contributed by atoms with Crippen LogP contribution in [0.2, 0.25) is 0 Å². The second-order valence-corrected chi connectivity index (χ2v) is 6.55. The summed E-state index contributed by atoms with van der Waals surface area (Å²) in [6.45, 7) is 3.20. The Hall–Kier alpha value is -1.46. The predicted octanol–water partition coefficient (Wildman–Crippen LogP) is 2.48. The Morgan fingerprint density at radius 3 is 2.74 bits per heavy atom. The second-order valence-electron chi connectivity index (χ2n) is 6.55. The third-order valence-electron chi connectivity index (χ3n) is 4.74. The van der Waals surface area contributed by atoms with Gasteiger partial charge in [0.25, 0.3) is 0 Å². The van der Waals surface area contributed by atoms with Crippen LogP contribution in [-0.4, -0.2) is 42.6 Å². The van der Waals surface area contributed by atoms with Crippen molar-refractivity contribution in [3.05, 3.63) is 35.6 Å². The average Bonchev–Trinajstić information content (AvgIpc) is 3.04. The standard InChI is InChI=1S/C18H25FN2O2/c19-17-6-2-1-4-14(17)13-21-9-7-15(8-10-21)20-18(22)12-16-5-3-11-23-16/h1-2,4,6,15-16H,3,5,7-13H2,(H,20,22)/t16-/m0/s1. The summed E-state index contributed by atoms with van der Waals surface area (Å²) in [4.78, 5) is 14.3. The molecular formula is C18H25FN2O2. The SMILES string of the molecule is O=C(C[C@@H]1CCCO1)NC1CCN(Cc2ccccc2F)CC1. The number of nitrogens with one attached hydrogen (secondary N) is 1. The molecule has 1 amide bonds. The fourth-order valence-corrected chi connectivity index (χ4v) is 3.40. The number of halogens is 1. The zero-order valence-electron chi connectivity index (χ0n) is 13.5. The van der Waals surface area contributed by atoms with Crippen LogP contribution in [0, 0.1) is 5.82 Å². The molecule has 0 saturated carbocycles. The minimum atomic E-state index is -0.139. The molecule has 1 aromatic rings. The van der Waals surface area contributed by atoms with E-state index in [2.05, 4.69) is 10.2 Å². The molecule has 23 heavy (non-hydrogen) atoms. The average molecular weight is 320 g/mol. The molecule has 3 rings (SSSR count). The molecule has 1 aromatic carbocycles. The van der Waals surface area contributed by atoms with Crippen LogP contribution in [0.25, 0.3) is 0 Å². The van der Waals surface area contributed by atoms with E-state index in [4.69, 9.17) is 4.74 Å². The summed E-state index contributed by atoms with van der Waals surface area (Å²) in [5, 5.41) is 3.12. The summed E-state index contributed by atoms with van der Waals surface area (Å²) in [5.74, 6) is -0.0380. The van der Waals surface area contributed by atoms with E-state index in [0.717, 1.165) is 50.9 Å². The number of hydrogen-bond donors (Lipinski definition) is 1. The minimum Gasteiger partial charge on any atom is -0.378 e. The van der Waals surface area contributed by atoms with E-state index in [0.29, 0.717) is 13.0 Å². The van der Waals surface area contributed by atoms with Crippen molar-refractivity contribution in [2.75, 3.05) is 19.7 Å². The first kappa shape index (κ1) is 16.4. The summed E-state index contributed by atoms with van der Waals surface area (Å²) in [6, 6.07) is 7.17. The van der Waals surface area contributed by atoms with Crippen LogP contribution >= 0.6 is 0 Å². The molecule has 0 bridgehead atoms. The van der Waals surface area contributed by atoms with Crippen molar-refractivity contribution in [3.8, 4) is 0 Å². The number of likely N-dealkylation sites (tertiary alicyclic amines) is 1. The lowest BCUT2D eigenvalue weighted by Crippen LogP contribution is -2.45. The zero-order valence-corrected chi connectivity index (χ0v) is 13.5. The number of nitrogens with zero attached hydrogens (tertiary/aromatic N) is 1. The van der Waals surface area contributed by atoms with Crippen LogP contribution in [-0.2, 0) is 16.1 Å². The molecule has 2 fully saturated rings. The monoisotopic (exact) mass is 320 g/mol. The summed E-state index contributed by atoms with van der Waals surface area (Å²) < 4.78 is 19.2. The van der Waals surface area contributed by atoms with Crippen molar-refractivity contribution in [3.63, 3.8) is 0 Å². The molecule has 2 aliphatic rings. The summed E-state index contributed by atoms with van der Waals surface area (Å²) in [6.07, 6.45) is 4.49. The lowest BCUT2D eigenvalue weighted by atomic mass is 10.0. The number of amides is 1. The Bertz CT molecular complexity index is 524. The summed E-state index contributed by atoms with van der Waals surface area (Å²) >= 11 is 0. The Morgan fingerprint density at radius 2 is 2.04 bits per heavy atom. The van der Waals surface area contributed by atoms with Crippen molar-refractivity contribution < 1.29 is 13.9 Å². The van der Waals surface area contributed by atoms with E-state index in [-0.39, 0.29) is 23.9 Å². The number of piperidine rings is 1. The van der Waals surface area contributed by atoms with Crippen molar-refractivity contribution in [1.29, 1.82) is 0 Å². The number of benzene rings is 1. The maximum absolute atomic E-state index is 13.7. The number of carbonyl (C=O) groups excluding carboxylic acids is 1. The first-order valence-corrected chi connectivity index (χ1v) is 8.57. The fourth-order valence-electron chi connectivity index (χ4n) is 3.40. The molecule has 0 radical (unpaired) electrons. The number of hydrogen-bond acceptors (Lipinski definition) is 3. The molecule has 0 spiro atoms. The number of rotatable bonds is 5. The van der Waals surface area contributed by atoms with Gasteiger partial charge in [-0.25, -0.2) is 4.39 Å². The van der Waals surface area contributed by atoms with Gasteiger partial charge in [0.2, 0.25) is 5.91 Å². The number of carbonyl (C=O) groups is 1. The van der Waals surface area contributed by atoms with Crippen molar-refractivity contribution in [2.45, 2.75) is 50.8 Å². The molecule has 0 aromatic heterocycles. The van der Waals surface area contributed by atoms with Gasteiger partial charge in [-0.15, -0.1) is 0 Å². The first-order chi connectivity index (χ1) is 11.2. The van der Waals surface area contributed by atoms with Gasteiger partial charge in [-0.1, -0.05) is 18.2 Å². The van der Waals surface area contributed by atoms with E-state index in [1.54, 1.807) is 6.07 Å². The van der Waals surface area contributed by atoms with Gasteiger partial charge in [0.15, 0.2) is 0 Å². The van der Waals surface area contributed by atoms with E-state index >= 15 is 0 Å². The van der Waals surface area contributed by atoms with Gasteiger partial charge in [0, 0.05) is 37.8 Å². The lowest BCUT2D eigenvalue weighted by Gasteiger charge is -2.32. The van der Waals surface area contributed by atoms with Crippen LogP contribution in [0.1, 0.15) is 37.7 Å². The highest BCUT2D eigenvalue weighted by atomic mass is 19.1. The van der Waals surface area contributed by atoms with Crippen molar-refractivity contribution in [1.82, 2.24) is 10.2 Å². The van der Waals surface area contributed by atoms with Crippen LogP contribution in [0.4, 0.5) is 4.39 Å². The van der Waals surface area contributed by atoms with E-state index in [1.807, 2.05) is 12.1 Å². The van der Waals surface area contributed by atoms with E-state index in [9.17, 15) is 9.18 Å². The third-order valence-corrected chi connectivity index (χ3v) is 4.74. The highest BCUT2D eigenvalue weighted by Crippen LogP contribution is 2.18. The fraction of sp³-hybridized carbons (Fsp3) is 0.611. The van der Waals surface area contributed by atoms with Gasteiger partial charge in [0.1, 0.15) is 5.82 Å². The van der Waals surface area contributed by atoms with Gasteiger partial charge in [-0.05, 0) is 31.7 Å². The first-order valence-electron chi connectivity index (χ1n) is 8.57. The van der Waals surface area contributed by atoms with Gasteiger partial charge in [-0.2, -0.15) is 0 Å². The predicted molar refractivity (Wildman–Crippen MR) is 86.4 cm³/mol. The normalized spacial score (nSPS) is 23.1. The van der Waals surface area contributed by atoms with Crippen LogP contribution in [0.15, 0.2) is 24.3 Å². The van der Waals surface area contributed by atoms with Crippen LogP contribution < -0.4 is 5.32 Å². The smallest absolute Gasteiger partial charge is 0.222 e. The molecule has 5 heteroatoms. The zero-order chi connectivity index (χ0) is 16.1. The van der Waals surface area contributed by atoms with Gasteiger partial charge >= 0.3 is 0 Å². The van der Waals surface area contributed by atoms with Gasteiger partial charge in [-0.3, -0.25) is 9.69 Å². The highest BCUT2D eigenvalue weighted by Gasteiger charge is 2.24. The topological polar surface area (TPSA) is 41.6 Å². The second kappa shape index (κ2) is 7.88. The molecule has 1 atom stereocenters. The quantitative estimate of drug-likeness (QED) is 0.906. The van der Waals surface area contributed by atoms with Gasteiger partial charge in [0.05, 0.1) is 12.5 Å². The largest absolute Gasteiger partial charge is 0.378 e. The molecular weight excluding hydrogens is 295 g/mol. The Labute approximate surface area is 137 Å². The van der Waals surface area contributed by atoms with Crippen LogP contribution in [0.3, 0.4) is 0 Å². The molecule has 4 nitrogen and oxygen atoms in total. The molecule has 0 unspecified atom stereocenters. The molecule has 2 saturated heterocycles. The Kier molecular flexibility index (Phi) is 5.62. The third kappa shape index (κ3) is 4.75. The van der Waals surface area contributed by atoms with Crippen molar-refractivity contribution >= 4 is 5.91 Å². The van der Waals surface area contributed by atoms with E-state index < -0.39 is 0 Å². The van der Waals surface area contributed by atoms with Crippen molar-refractivity contribution in [2.24, 2.45) is 0 Å². The minimum absolute atomic E-state index is 0.101. The molecule has 2 aliphatic heterocycles. The molecule has 0 aliphatic carbocycles. The molecule has 126 valence electrons. The summed E-state index contributed by atoms with van der Waals surface area (Å²) in [5.41, 5.74) is 0.744. The van der Waals surface area contributed by atoms with Gasteiger partial charge < -0.3 is 10.1 Å². The van der Waals surface area contributed by atoms with Crippen LogP contribution in [0.5, 0.6) is 0 Å². The molecule has 1 N–H and O–H groups in total. The maximum Gasteiger partial charge on any atom is 0.222 e. The maximum atomic E-state index is 13.7. The summed E-state index contributed by atoms with van der Waals surface area (Å²) in [7, 11) is 0. The molecule has 2 heterocycles. The Morgan fingerprint density at radius 1 is 1.26 bits per heavy atom. The lowest BCUT2D eigenvalue weighted by molar-refractivity contribution is -0.124. The Balaban J connectivity index is 1.40. The highest BCUT2D eigenvalue weighted by molar-refractivity contribution is 5.76. The number of ether oxygens (including phenoxy) is 1.